The predicted octanol–water partition coefficient (Wildman–Crippen LogP) is 6.07. The summed E-state index contributed by atoms with van der Waals surface area (Å²) in [6.45, 7) is 8.14. The molecule has 0 saturated heterocycles. The fourth-order valence-corrected chi connectivity index (χ4v) is 3.68. The van der Waals surface area contributed by atoms with Crippen molar-refractivity contribution in [2.45, 2.75) is 27.7 Å². The van der Waals surface area contributed by atoms with Crippen molar-refractivity contribution in [1.29, 1.82) is 0 Å². The largest absolute Gasteiger partial charge is 0.269 e. The minimum atomic E-state index is -0.405. The van der Waals surface area contributed by atoms with Gasteiger partial charge in [-0.25, -0.2) is 0 Å². The molecular weight excluding hydrogens is 356 g/mol. The lowest BCUT2D eigenvalue weighted by atomic mass is 9.83. The maximum absolute atomic E-state index is 10.9. The topological polar surface area (TPSA) is 86.3 Å². The van der Waals surface area contributed by atoms with Crippen LogP contribution in [0.3, 0.4) is 0 Å². The molecule has 0 saturated carbocycles. The highest BCUT2D eigenvalue weighted by Gasteiger charge is 2.18. The van der Waals surface area contributed by atoms with Crippen molar-refractivity contribution in [3.8, 4) is 22.3 Å². The maximum Gasteiger partial charge on any atom is 0.269 e. The highest BCUT2D eigenvalue weighted by Crippen LogP contribution is 2.39. The van der Waals surface area contributed by atoms with E-state index in [1.165, 1.54) is 24.3 Å². The van der Waals surface area contributed by atoms with Gasteiger partial charge in [-0.3, -0.25) is 20.2 Å². The molecule has 0 bridgehead atoms. The standard InChI is InChI=1S/C22H20N2O4/c1-13-14(2)22(18-7-11-20(12-8-18)24(27)28)16(4)15(3)21(13)17-5-9-19(10-6-17)23(25)26/h5-12H,1-4H3. The van der Waals surface area contributed by atoms with Crippen LogP contribution in [0, 0.1) is 47.9 Å². The molecule has 3 aromatic carbocycles. The Bertz CT molecular complexity index is 968. The summed E-state index contributed by atoms with van der Waals surface area (Å²) in [5.41, 5.74) is 8.48. The van der Waals surface area contributed by atoms with Gasteiger partial charge in [0.2, 0.25) is 0 Å². The lowest BCUT2D eigenvalue weighted by Gasteiger charge is -2.21. The summed E-state index contributed by atoms with van der Waals surface area (Å²) in [5, 5.41) is 21.8. The predicted molar refractivity (Wildman–Crippen MR) is 110 cm³/mol. The first-order chi connectivity index (χ1) is 13.2. The SMILES string of the molecule is Cc1c(C)c(-c2ccc([N+](=O)[O-])cc2)c(C)c(C)c1-c1ccc([N+](=O)[O-])cc1. The van der Waals surface area contributed by atoms with Crippen LogP contribution in [0.1, 0.15) is 22.3 Å². The molecule has 0 N–H and O–H groups in total. The minimum Gasteiger partial charge on any atom is -0.258 e. The molecule has 6 nitrogen and oxygen atoms in total. The summed E-state index contributed by atoms with van der Waals surface area (Å²) in [6.07, 6.45) is 0. The number of nitro groups is 2. The van der Waals surface area contributed by atoms with E-state index < -0.39 is 9.85 Å². The van der Waals surface area contributed by atoms with Crippen LogP contribution >= 0.6 is 0 Å². The molecule has 0 aliphatic carbocycles. The molecule has 0 aliphatic heterocycles. The Kier molecular flexibility index (Phi) is 4.96. The second kappa shape index (κ2) is 7.23. The Morgan fingerprint density at radius 3 is 1.00 bits per heavy atom. The molecule has 3 aromatic rings. The Morgan fingerprint density at radius 1 is 0.536 bits per heavy atom. The highest BCUT2D eigenvalue weighted by molar-refractivity contribution is 5.83. The monoisotopic (exact) mass is 376 g/mol. The first kappa shape index (κ1) is 19.2. The van der Waals surface area contributed by atoms with E-state index in [0.717, 1.165) is 44.5 Å². The number of nitro benzene ring substituents is 2. The lowest BCUT2D eigenvalue weighted by molar-refractivity contribution is -0.385. The summed E-state index contributed by atoms with van der Waals surface area (Å²) in [4.78, 5) is 21.0. The van der Waals surface area contributed by atoms with Gasteiger partial charge < -0.3 is 0 Å². The molecule has 0 aromatic heterocycles. The van der Waals surface area contributed by atoms with E-state index in [4.69, 9.17) is 0 Å². The number of nitrogens with zero attached hydrogens (tertiary/aromatic N) is 2. The van der Waals surface area contributed by atoms with Gasteiger partial charge >= 0.3 is 0 Å². The quantitative estimate of drug-likeness (QED) is 0.408. The van der Waals surface area contributed by atoms with Gasteiger partial charge in [-0.2, -0.15) is 0 Å². The van der Waals surface area contributed by atoms with Crippen molar-refractivity contribution in [3.63, 3.8) is 0 Å². The van der Waals surface area contributed by atoms with Crippen LogP contribution in [-0.2, 0) is 0 Å². The fraction of sp³-hybridized carbons (Fsp3) is 0.182. The van der Waals surface area contributed by atoms with Crippen LogP contribution in [0.5, 0.6) is 0 Å². The minimum absolute atomic E-state index is 0.0648. The number of hydrogen-bond acceptors (Lipinski definition) is 4. The van der Waals surface area contributed by atoms with Gasteiger partial charge in [0.15, 0.2) is 0 Å². The molecular formula is C22H20N2O4. The molecule has 0 fully saturated rings. The van der Waals surface area contributed by atoms with Crippen molar-refractivity contribution < 1.29 is 9.85 Å². The maximum atomic E-state index is 10.9. The summed E-state index contributed by atoms with van der Waals surface area (Å²) in [5.74, 6) is 0. The van der Waals surface area contributed by atoms with Crippen molar-refractivity contribution >= 4 is 11.4 Å². The van der Waals surface area contributed by atoms with Crippen LogP contribution in [0.15, 0.2) is 48.5 Å². The van der Waals surface area contributed by atoms with Crippen LogP contribution in [0.25, 0.3) is 22.3 Å². The van der Waals surface area contributed by atoms with Crippen molar-refractivity contribution in [3.05, 3.63) is 91.0 Å². The van der Waals surface area contributed by atoms with Crippen molar-refractivity contribution in [2.24, 2.45) is 0 Å². The summed E-state index contributed by atoms with van der Waals surface area (Å²) < 4.78 is 0. The van der Waals surface area contributed by atoms with E-state index in [9.17, 15) is 20.2 Å². The molecule has 0 amide bonds. The second-order valence-electron chi connectivity index (χ2n) is 6.86. The Hall–Kier alpha value is -3.54. The Balaban J connectivity index is 2.16. The number of non-ortho nitro benzene ring substituents is 2. The normalized spacial score (nSPS) is 10.7. The molecule has 0 radical (unpaired) electrons. The van der Waals surface area contributed by atoms with Gasteiger partial charge in [-0.15, -0.1) is 0 Å². The zero-order valence-corrected chi connectivity index (χ0v) is 16.1. The smallest absolute Gasteiger partial charge is 0.258 e. The average Bonchev–Trinajstić information content (AvgIpc) is 2.67. The fourth-order valence-electron chi connectivity index (χ4n) is 3.68. The molecule has 6 heteroatoms. The van der Waals surface area contributed by atoms with Crippen LogP contribution < -0.4 is 0 Å². The van der Waals surface area contributed by atoms with Crippen LogP contribution in [0.4, 0.5) is 11.4 Å². The van der Waals surface area contributed by atoms with Crippen LogP contribution in [0.2, 0.25) is 0 Å². The third kappa shape index (κ3) is 3.24. The van der Waals surface area contributed by atoms with Gasteiger partial charge in [0.1, 0.15) is 0 Å². The summed E-state index contributed by atoms with van der Waals surface area (Å²) >= 11 is 0. The summed E-state index contributed by atoms with van der Waals surface area (Å²) in [6, 6.07) is 13.2. The lowest BCUT2D eigenvalue weighted by Crippen LogP contribution is -2.00. The van der Waals surface area contributed by atoms with Gasteiger partial charge in [-0.1, -0.05) is 0 Å². The third-order valence-corrected chi connectivity index (χ3v) is 5.36. The van der Waals surface area contributed by atoms with E-state index in [-0.39, 0.29) is 11.4 Å². The Morgan fingerprint density at radius 2 is 0.786 bits per heavy atom. The first-order valence-electron chi connectivity index (χ1n) is 8.82. The molecule has 142 valence electrons. The van der Waals surface area contributed by atoms with E-state index in [1.54, 1.807) is 24.3 Å². The first-order valence-corrected chi connectivity index (χ1v) is 8.82. The molecule has 0 unspecified atom stereocenters. The Labute approximate surface area is 162 Å². The van der Waals surface area contributed by atoms with Crippen molar-refractivity contribution in [2.75, 3.05) is 0 Å². The number of benzene rings is 3. The molecule has 28 heavy (non-hydrogen) atoms. The second-order valence-corrected chi connectivity index (χ2v) is 6.86. The highest BCUT2D eigenvalue weighted by atomic mass is 16.6. The zero-order valence-electron chi connectivity index (χ0n) is 16.1. The van der Waals surface area contributed by atoms with Gasteiger partial charge in [-0.05, 0) is 96.5 Å². The summed E-state index contributed by atoms with van der Waals surface area (Å²) in [7, 11) is 0. The average molecular weight is 376 g/mol. The van der Waals surface area contributed by atoms with E-state index in [1.807, 2.05) is 27.7 Å². The van der Waals surface area contributed by atoms with Gasteiger partial charge in [0.25, 0.3) is 11.4 Å². The van der Waals surface area contributed by atoms with E-state index >= 15 is 0 Å². The molecule has 0 aliphatic rings. The molecule has 0 spiro atoms. The van der Waals surface area contributed by atoms with Crippen molar-refractivity contribution in [1.82, 2.24) is 0 Å². The van der Waals surface area contributed by atoms with E-state index in [2.05, 4.69) is 0 Å². The molecule has 3 rings (SSSR count). The van der Waals surface area contributed by atoms with Crippen LogP contribution in [-0.4, -0.2) is 9.85 Å². The molecule has 0 heterocycles. The van der Waals surface area contributed by atoms with E-state index in [0.29, 0.717) is 0 Å². The number of hydrogen-bond donors (Lipinski definition) is 0. The third-order valence-electron chi connectivity index (χ3n) is 5.36. The molecule has 0 atom stereocenters. The zero-order chi connectivity index (χ0) is 20.6. The van der Waals surface area contributed by atoms with Gasteiger partial charge in [0, 0.05) is 24.3 Å². The van der Waals surface area contributed by atoms with Gasteiger partial charge in [0.05, 0.1) is 9.85 Å². The number of rotatable bonds is 4.